The maximum absolute atomic E-state index is 12.2. The largest absolute Gasteiger partial charge is 0.334 e. The van der Waals surface area contributed by atoms with Gasteiger partial charge in [0.05, 0.1) is 6.20 Å². The van der Waals surface area contributed by atoms with Crippen molar-refractivity contribution in [1.29, 1.82) is 0 Å². The minimum Gasteiger partial charge on any atom is -0.334 e. The van der Waals surface area contributed by atoms with Crippen LogP contribution >= 0.6 is 0 Å². The lowest BCUT2D eigenvalue weighted by Crippen LogP contribution is -2.39. The Morgan fingerprint density at radius 3 is 3.12 bits per heavy atom. The molecule has 2 heterocycles. The Balaban J connectivity index is 2.13. The third-order valence-electron chi connectivity index (χ3n) is 3.24. The molecule has 1 fully saturated rings. The van der Waals surface area contributed by atoms with E-state index in [2.05, 4.69) is 22.3 Å². The summed E-state index contributed by atoms with van der Waals surface area (Å²) in [5.41, 5.74) is 0.431. The van der Waals surface area contributed by atoms with Gasteiger partial charge >= 0.3 is 0 Å². The first-order valence-corrected chi connectivity index (χ1v) is 5.99. The van der Waals surface area contributed by atoms with Crippen molar-refractivity contribution in [2.45, 2.75) is 45.1 Å². The molecule has 1 saturated heterocycles. The number of H-pyrrole nitrogens is 1. The van der Waals surface area contributed by atoms with E-state index in [1.807, 2.05) is 4.90 Å². The van der Waals surface area contributed by atoms with E-state index in [1.54, 1.807) is 0 Å². The Hall–Kier alpha value is -1.39. The Labute approximate surface area is 95.2 Å². The maximum Gasteiger partial charge on any atom is 0.276 e. The monoisotopic (exact) mass is 222 g/mol. The summed E-state index contributed by atoms with van der Waals surface area (Å²) >= 11 is 0. The van der Waals surface area contributed by atoms with Gasteiger partial charge in [0, 0.05) is 12.6 Å². The number of carbonyl (C=O) groups is 1. The van der Waals surface area contributed by atoms with Gasteiger partial charge in [-0.1, -0.05) is 19.8 Å². The second-order valence-electron chi connectivity index (χ2n) is 4.27. The zero-order chi connectivity index (χ0) is 11.4. The molecule has 0 radical (unpaired) electrons. The molecule has 5 heteroatoms. The van der Waals surface area contributed by atoms with Gasteiger partial charge in [-0.3, -0.25) is 4.79 Å². The molecule has 1 atom stereocenters. The highest BCUT2D eigenvalue weighted by molar-refractivity contribution is 5.92. The lowest BCUT2D eigenvalue weighted by Gasteiger charge is -2.28. The molecule has 1 unspecified atom stereocenters. The average Bonchev–Trinajstić information content (AvgIpc) is 2.73. The summed E-state index contributed by atoms with van der Waals surface area (Å²) in [5, 5.41) is 10.0. The second-order valence-corrected chi connectivity index (χ2v) is 4.27. The van der Waals surface area contributed by atoms with Crippen molar-refractivity contribution in [2.75, 3.05) is 6.54 Å². The Morgan fingerprint density at radius 1 is 1.56 bits per heavy atom. The van der Waals surface area contributed by atoms with Crippen molar-refractivity contribution >= 4 is 5.91 Å². The summed E-state index contributed by atoms with van der Waals surface area (Å²) in [4.78, 5) is 14.1. The van der Waals surface area contributed by atoms with Crippen LogP contribution in [0.3, 0.4) is 0 Å². The number of carbonyl (C=O) groups excluding carboxylic acids is 1. The molecule has 0 saturated carbocycles. The minimum atomic E-state index is 0.0162. The lowest BCUT2D eigenvalue weighted by molar-refractivity contribution is 0.0672. The van der Waals surface area contributed by atoms with Gasteiger partial charge in [-0.15, -0.1) is 0 Å². The highest BCUT2D eigenvalue weighted by Gasteiger charge is 2.26. The highest BCUT2D eigenvalue weighted by Crippen LogP contribution is 2.20. The molecule has 1 N–H and O–H groups in total. The summed E-state index contributed by atoms with van der Waals surface area (Å²) < 4.78 is 0. The fourth-order valence-electron chi connectivity index (χ4n) is 2.32. The van der Waals surface area contributed by atoms with Crippen LogP contribution in [0, 0.1) is 0 Å². The molecule has 0 spiro atoms. The summed E-state index contributed by atoms with van der Waals surface area (Å²) in [6.07, 6.45) is 7.17. The molecule has 1 amide bonds. The number of aromatic amines is 1. The van der Waals surface area contributed by atoms with Gasteiger partial charge in [-0.25, -0.2) is 0 Å². The van der Waals surface area contributed by atoms with Gasteiger partial charge in [0.1, 0.15) is 0 Å². The first kappa shape index (κ1) is 11.1. The number of aromatic nitrogens is 3. The summed E-state index contributed by atoms with van der Waals surface area (Å²) in [6.45, 7) is 2.99. The van der Waals surface area contributed by atoms with E-state index < -0.39 is 0 Å². The number of rotatable bonds is 2. The molecule has 1 aromatic rings. The Kier molecular flexibility index (Phi) is 3.54. The van der Waals surface area contributed by atoms with E-state index in [0.29, 0.717) is 11.7 Å². The number of hydrogen-bond acceptors (Lipinski definition) is 3. The van der Waals surface area contributed by atoms with Crippen LogP contribution in [0.5, 0.6) is 0 Å². The van der Waals surface area contributed by atoms with Crippen LogP contribution in [0.2, 0.25) is 0 Å². The smallest absolute Gasteiger partial charge is 0.276 e. The topological polar surface area (TPSA) is 61.9 Å². The van der Waals surface area contributed by atoms with Crippen molar-refractivity contribution in [2.24, 2.45) is 0 Å². The standard InChI is InChI=1S/C11H18N4O/c1-2-9-6-4-3-5-7-15(9)11(16)10-8-12-14-13-10/h8-9H,2-7H2,1H3,(H,12,13,14). The molecule has 0 aromatic carbocycles. The molecule has 2 rings (SSSR count). The average molecular weight is 222 g/mol. The summed E-state index contributed by atoms with van der Waals surface area (Å²) in [5.74, 6) is 0.0162. The van der Waals surface area contributed by atoms with Crippen LogP contribution in [0.1, 0.15) is 49.5 Å². The van der Waals surface area contributed by atoms with Gasteiger partial charge in [0.2, 0.25) is 0 Å². The van der Waals surface area contributed by atoms with Crippen LogP contribution in [0.15, 0.2) is 6.20 Å². The quantitative estimate of drug-likeness (QED) is 0.826. The third-order valence-corrected chi connectivity index (χ3v) is 3.24. The molecule has 5 nitrogen and oxygen atoms in total. The predicted molar refractivity (Wildman–Crippen MR) is 60.0 cm³/mol. The molecule has 16 heavy (non-hydrogen) atoms. The van der Waals surface area contributed by atoms with Crippen LogP contribution in [-0.2, 0) is 0 Å². The number of hydrogen-bond donors (Lipinski definition) is 1. The first-order valence-electron chi connectivity index (χ1n) is 5.99. The number of amides is 1. The van der Waals surface area contributed by atoms with Crippen molar-refractivity contribution in [3.05, 3.63) is 11.9 Å². The van der Waals surface area contributed by atoms with Crippen molar-refractivity contribution in [1.82, 2.24) is 20.3 Å². The fourth-order valence-corrected chi connectivity index (χ4v) is 2.32. The highest BCUT2D eigenvalue weighted by atomic mass is 16.2. The second kappa shape index (κ2) is 5.09. The van der Waals surface area contributed by atoms with Gasteiger partial charge in [-0.2, -0.15) is 15.4 Å². The van der Waals surface area contributed by atoms with Gasteiger partial charge in [0.15, 0.2) is 5.69 Å². The Bertz CT molecular complexity index is 336. The van der Waals surface area contributed by atoms with Crippen LogP contribution in [-0.4, -0.2) is 38.8 Å². The lowest BCUT2D eigenvalue weighted by atomic mass is 10.1. The minimum absolute atomic E-state index is 0.0162. The Morgan fingerprint density at radius 2 is 2.44 bits per heavy atom. The SMILES string of the molecule is CCC1CCCCCN1C(=O)c1cn[nH]n1. The van der Waals surface area contributed by atoms with E-state index in [0.717, 1.165) is 25.8 Å². The third kappa shape index (κ3) is 2.23. The molecule has 88 valence electrons. The van der Waals surface area contributed by atoms with Crippen molar-refractivity contribution in [3.63, 3.8) is 0 Å². The van der Waals surface area contributed by atoms with Crippen molar-refractivity contribution < 1.29 is 4.79 Å². The predicted octanol–water partition coefficient (Wildman–Crippen LogP) is 1.60. The molecule has 1 aliphatic heterocycles. The normalized spacial score (nSPS) is 21.8. The van der Waals surface area contributed by atoms with Crippen LogP contribution in [0.25, 0.3) is 0 Å². The summed E-state index contributed by atoms with van der Waals surface area (Å²) in [7, 11) is 0. The molecule has 0 bridgehead atoms. The van der Waals surface area contributed by atoms with Gasteiger partial charge in [-0.05, 0) is 19.3 Å². The molecular weight excluding hydrogens is 204 g/mol. The van der Waals surface area contributed by atoms with Crippen LogP contribution < -0.4 is 0 Å². The van der Waals surface area contributed by atoms with E-state index in [4.69, 9.17) is 0 Å². The zero-order valence-corrected chi connectivity index (χ0v) is 9.65. The van der Waals surface area contributed by atoms with E-state index in [-0.39, 0.29) is 5.91 Å². The van der Waals surface area contributed by atoms with E-state index in [9.17, 15) is 4.79 Å². The number of nitrogens with zero attached hydrogens (tertiary/aromatic N) is 3. The van der Waals surface area contributed by atoms with E-state index in [1.165, 1.54) is 19.0 Å². The first-order chi connectivity index (χ1) is 7.83. The maximum atomic E-state index is 12.2. The number of likely N-dealkylation sites (tertiary alicyclic amines) is 1. The van der Waals surface area contributed by atoms with Gasteiger partial charge < -0.3 is 4.90 Å². The summed E-state index contributed by atoms with van der Waals surface area (Å²) in [6, 6.07) is 0.367. The molecule has 1 aliphatic rings. The van der Waals surface area contributed by atoms with Gasteiger partial charge in [0.25, 0.3) is 5.91 Å². The molecule has 0 aliphatic carbocycles. The number of nitrogens with one attached hydrogen (secondary N) is 1. The van der Waals surface area contributed by atoms with Crippen LogP contribution in [0.4, 0.5) is 0 Å². The van der Waals surface area contributed by atoms with Crippen molar-refractivity contribution in [3.8, 4) is 0 Å². The molecular formula is C11H18N4O. The van der Waals surface area contributed by atoms with E-state index >= 15 is 0 Å². The fraction of sp³-hybridized carbons (Fsp3) is 0.727. The zero-order valence-electron chi connectivity index (χ0n) is 9.65. The molecule has 1 aromatic heterocycles.